The molecule has 7 heteroatoms. The van der Waals surface area contributed by atoms with Crippen molar-refractivity contribution >= 4 is 23.4 Å². The molecule has 1 atom stereocenters. The number of nitrogens with two attached hydrogens (primary N) is 1. The number of benzene rings is 1. The van der Waals surface area contributed by atoms with Crippen molar-refractivity contribution < 1.29 is 9.72 Å². The molecule has 1 aromatic rings. The van der Waals surface area contributed by atoms with Crippen molar-refractivity contribution in [1.29, 1.82) is 0 Å². The minimum atomic E-state index is -0.446. The molecule has 0 aliphatic carbocycles. The summed E-state index contributed by atoms with van der Waals surface area (Å²) in [4.78, 5) is 22.8. The van der Waals surface area contributed by atoms with Gasteiger partial charge in [0.05, 0.1) is 10.7 Å². The summed E-state index contributed by atoms with van der Waals surface area (Å²) in [6.07, 6.45) is 0.852. The molecule has 1 unspecified atom stereocenters. The van der Waals surface area contributed by atoms with Crippen LogP contribution in [0.2, 0.25) is 0 Å². The molecule has 0 heterocycles. The number of nitro groups is 1. The molecule has 1 amide bonds. The van der Waals surface area contributed by atoms with Crippen molar-refractivity contribution in [1.82, 2.24) is 5.32 Å². The van der Waals surface area contributed by atoms with Gasteiger partial charge in [0.2, 0.25) is 5.91 Å². The van der Waals surface area contributed by atoms with Crippen LogP contribution in [0.25, 0.3) is 0 Å². The van der Waals surface area contributed by atoms with Gasteiger partial charge in [0.15, 0.2) is 0 Å². The normalized spacial score (nSPS) is 12.2. The number of non-ortho nitro benzene ring substituents is 1. The molecule has 0 aliphatic heterocycles. The van der Waals surface area contributed by atoms with Crippen molar-refractivity contribution in [2.45, 2.75) is 31.2 Å². The molecule has 0 aliphatic rings. The molecule has 0 bridgehead atoms. The third kappa shape index (κ3) is 6.59. The summed E-state index contributed by atoms with van der Waals surface area (Å²) in [6, 6.07) is 6.15. The maximum absolute atomic E-state index is 11.8. The lowest BCUT2D eigenvalue weighted by atomic mass is 10.0. The number of hydrogen-bond acceptors (Lipinski definition) is 5. The zero-order chi connectivity index (χ0) is 15.8. The fourth-order valence-corrected chi connectivity index (χ4v) is 2.58. The first-order valence-electron chi connectivity index (χ1n) is 6.79. The Bertz CT molecular complexity index is 477. The van der Waals surface area contributed by atoms with Gasteiger partial charge in [-0.15, -0.1) is 11.8 Å². The first kappa shape index (κ1) is 17.5. The second-order valence-corrected chi connectivity index (χ2v) is 6.22. The van der Waals surface area contributed by atoms with E-state index in [4.69, 9.17) is 5.73 Å². The molecule has 0 fully saturated rings. The van der Waals surface area contributed by atoms with Gasteiger partial charge in [0.25, 0.3) is 5.69 Å². The highest BCUT2D eigenvalue weighted by Crippen LogP contribution is 2.21. The fraction of sp³-hybridized carbons (Fsp3) is 0.500. The van der Waals surface area contributed by atoms with E-state index in [9.17, 15) is 14.9 Å². The Hall–Kier alpha value is -1.60. The zero-order valence-electron chi connectivity index (χ0n) is 12.2. The SMILES string of the molecule is CC(C)CC(CN)NC(=O)CSc1ccc([N+](=O)[O-])cc1. The van der Waals surface area contributed by atoms with Crippen molar-refractivity contribution in [3.63, 3.8) is 0 Å². The van der Waals surface area contributed by atoms with E-state index in [0.29, 0.717) is 12.5 Å². The zero-order valence-corrected chi connectivity index (χ0v) is 13.1. The predicted molar refractivity (Wildman–Crippen MR) is 84.3 cm³/mol. The van der Waals surface area contributed by atoms with Crippen LogP contribution in [-0.4, -0.2) is 29.2 Å². The third-order valence-electron chi connectivity index (χ3n) is 2.82. The molecule has 0 saturated carbocycles. The second-order valence-electron chi connectivity index (χ2n) is 5.17. The smallest absolute Gasteiger partial charge is 0.269 e. The van der Waals surface area contributed by atoms with Crippen LogP contribution in [0.15, 0.2) is 29.2 Å². The van der Waals surface area contributed by atoms with Crippen molar-refractivity contribution in [2.75, 3.05) is 12.3 Å². The summed E-state index contributed by atoms with van der Waals surface area (Å²) in [5.74, 6) is 0.669. The summed E-state index contributed by atoms with van der Waals surface area (Å²) in [7, 11) is 0. The Morgan fingerprint density at radius 3 is 2.48 bits per heavy atom. The summed E-state index contributed by atoms with van der Waals surface area (Å²) >= 11 is 1.34. The van der Waals surface area contributed by atoms with Gasteiger partial charge in [-0.2, -0.15) is 0 Å². The quantitative estimate of drug-likeness (QED) is 0.435. The summed E-state index contributed by atoms with van der Waals surface area (Å²) < 4.78 is 0. The molecule has 0 radical (unpaired) electrons. The summed E-state index contributed by atoms with van der Waals surface area (Å²) in [6.45, 7) is 4.59. The number of carbonyl (C=O) groups excluding carboxylic acids is 1. The molecule has 1 rings (SSSR count). The first-order chi connectivity index (χ1) is 9.92. The predicted octanol–water partition coefficient (Wildman–Crippen LogP) is 2.18. The van der Waals surface area contributed by atoms with Gasteiger partial charge in [-0.25, -0.2) is 0 Å². The Morgan fingerprint density at radius 2 is 2.00 bits per heavy atom. The van der Waals surface area contributed by atoms with E-state index < -0.39 is 4.92 Å². The maximum atomic E-state index is 11.8. The molecule has 116 valence electrons. The first-order valence-corrected chi connectivity index (χ1v) is 7.77. The van der Waals surface area contributed by atoms with Crippen LogP contribution in [-0.2, 0) is 4.79 Å². The highest BCUT2D eigenvalue weighted by molar-refractivity contribution is 8.00. The average Bonchev–Trinajstić information content (AvgIpc) is 2.44. The lowest BCUT2D eigenvalue weighted by molar-refractivity contribution is -0.384. The number of rotatable bonds is 8. The molecular weight excluding hydrogens is 290 g/mol. The molecule has 21 heavy (non-hydrogen) atoms. The van der Waals surface area contributed by atoms with Crippen LogP contribution < -0.4 is 11.1 Å². The van der Waals surface area contributed by atoms with Crippen LogP contribution in [0.1, 0.15) is 20.3 Å². The van der Waals surface area contributed by atoms with Gasteiger partial charge in [0, 0.05) is 29.6 Å². The topological polar surface area (TPSA) is 98.3 Å². The van der Waals surface area contributed by atoms with E-state index in [-0.39, 0.29) is 23.4 Å². The summed E-state index contributed by atoms with van der Waals surface area (Å²) in [5, 5.41) is 13.4. The highest BCUT2D eigenvalue weighted by atomic mass is 32.2. The van der Waals surface area contributed by atoms with Crippen LogP contribution in [0.3, 0.4) is 0 Å². The Morgan fingerprint density at radius 1 is 1.38 bits per heavy atom. The van der Waals surface area contributed by atoms with E-state index in [1.165, 1.54) is 23.9 Å². The van der Waals surface area contributed by atoms with Crippen LogP contribution in [0, 0.1) is 16.0 Å². The van der Waals surface area contributed by atoms with Crippen molar-refractivity contribution in [2.24, 2.45) is 11.7 Å². The third-order valence-corrected chi connectivity index (χ3v) is 3.84. The number of nitrogens with one attached hydrogen (secondary N) is 1. The molecular formula is C14H21N3O3S. The highest BCUT2D eigenvalue weighted by Gasteiger charge is 2.13. The number of nitrogens with zero attached hydrogens (tertiary/aromatic N) is 1. The molecule has 1 aromatic carbocycles. The lowest BCUT2D eigenvalue weighted by Crippen LogP contribution is -2.41. The molecule has 0 saturated heterocycles. The average molecular weight is 311 g/mol. The van der Waals surface area contributed by atoms with Crippen molar-refractivity contribution in [3.8, 4) is 0 Å². The Balaban J connectivity index is 2.43. The van der Waals surface area contributed by atoms with Gasteiger partial charge < -0.3 is 11.1 Å². The van der Waals surface area contributed by atoms with Crippen LogP contribution >= 0.6 is 11.8 Å². The molecule has 6 nitrogen and oxygen atoms in total. The molecule has 3 N–H and O–H groups in total. The van der Waals surface area contributed by atoms with E-state index in [1.807, 2.05) is 0 Å². The lowest BCUT2D eigenvalue weighted by Gasteiger charge is -2.18. The van der Waals surface area contributed by atoms with Crippen LogP contribution in [0.4, 0.5) is 5.69 Å². The van der Waals surface area contributed by atoms with Crippen LogP contribution in [0.5, 0.6) is 0 Å². The maximum Gasteiger partial charge on any atom is 0.269 e. The van der Waals surface area contributed by atoms with Gasteiger partial charge in [-0.05, 0) is 24.5 Å². The van der Waals surface area contributed by atoms with E-state index >= 15 is 0 Å². The summed E-state index contributed by atoms with van der Waals surface area (Å²) in [5.41, 5.74) is 5.68. The number of carbonyl (C=O) groups is 1. The minimum Gasteiger partial charge on any atom is -0.351 e. The second kappa shape index (κ2) is 8.63. The number of hydrogen-bond donors (Lipinski definition) is 2. The van der Waals surface area contributed by atoms with E-state index in [0.717, 1.165) is 11.3 Å². The van der Waals surface area contributed by atoms with Crippen molar-refractivity contribution in [3.05, 3.63) is 34.4 Å². The number of nitro benzene ring substituents is 1. The minimum absolute atomic E-state index is 0.00467. The van der Waals surface area contributed by atoms with Gasteiger partial charge in [-0.1, -0.05) is 13.8 Å². The number of amides is 1. The number of thioether (sulfide) groups is 1. The Labute approximate surface area is 128 Å². The molecule has 0 spiro atoms. The largest absolute Gasteiger partial charge is 0.351 e. The van der Waals surface area contributed by atoms with Gasteiger partial charge in [0.1, 0.15) is 0 Å². The van der Waals surface area contributed by atoms with E-state index in [1.54, 1.807) is 12.1 Å². The van der Waals surface area contributed by atoms with Gasteiger partial charge >= 0.3 is 0 Å². The van der Waals surface area contributed by atoms with Gasteiger partial charge in [-0.3, -0.25) is 14.9 Å². The standard InChI is InChI=1S/C14H21N3O3S/c1-10(2)7-11(8-15)16-14(18)9-21-13-5-3-12(4-6-13)17(19)20/h3-6,10-11H,7-9,15H2,1-2H3,(H,16,18). The van der Waals surface area contributed by atoms with E-state index in [2.05, 4.69) is 19.2 Å². The molecule has 0 aromatic heterocycles. The Kier molecular flexibility index (Phi) is 7.18. The fourth-order valence-electron chi connectivity index (χ4n) is 1.87. The monoisotopic (exact) mass is 311 g/mol.